The Morgan fingerprint density at radius 1 is 1.21 bits per heavy atom. The Morgan fingerprint density at radius 3 is 2.36 bits per heavy atom. The fraction of sp³-hybridized carbons (Fsp3) is 0.400. The molecule has 1 nitrogen and oxygen atoms in total. The van der Waals surface area contributed by atoms with Gasteiger partial charge in [-0.3, -0.25) is 0 Å². The SMILES string of the molecule is OC1(c2cc(Br)c(Cl)cc2Cl)CCC1. The standard InChI is InChI=1S/C10H9BrCl2O/c11-7-4-6(8(12)5-9(7)13)10(14)2-1-3-10/h4-5,14H,1-3H2. The van der Waals surface area contributed by atoms with Gasteiger partial charge in [-0.2, -0.15) is 0 Å². The smallest absolute Gasteiger partial charge is 0.0911 e. The lowest BCUT2D eigenvalue weighted by Crippen LogP contribution is -2.33. The molecular formula is C10H9BrCl2O. The average molecular weight is 296 g/mol. The van der Waals surface area contributed by atoms with E-state index in [0.717, 1.165) is 29.3 Å². The Hall–Kier alpha value is 0.240. The van der Waals surface area contributed by atoms with Crippen LogP contribution in [0.15, 0.2) is 16.6 Å². The zero-order chi connectivity index (χ0) is 10.3. The van der Waals surface area contributed by atoms with Gasteiger partial charge >= 0.3 is 0 Å². The molecule has 2 rings (SSSR count). The molecule has 14 heavy (non-hydrogen) atoms. The van der Waals surface area contributed by atoms with Crippen molar-refractivity contribution in [2.24, 2.45) is 0 Å². The fourth-order valence-corrected chi connectivity index (χ4v) is 2.56. The molecule has 0 spiro atoms. The number of aliphatic hydroxyl groups is 1. The fourth-order valence-electron chi connectivity index (χ4n) is 1.66. The third-order valence-corrected chi connectivity index (χ3v) is 4.20. The van der Waals surface area contributed by atoms with Gasteiger partial charge in [-0.15, -0.1) is 0 Å². The summed E-state index contributed by atoms with van der Waals surface area (Å²) < 4.78 is 0.777. The molecule has 4 heteroatoms. The van der Waals surface area contributed by atoms with Crippen LogP contribution in [0.1, 0.15) is 24.8 Å². The Balaban J connectivity index is 2.48. The quantitative estimate of drug-likeness (QED) is 0.773. The van der Waals surface area contributed by atoms with Crippen molar-refractivity contribution in [3.05, 3.63) is 32.2 Å². The van der Waals surface area contributed by atoms with Gasteiger partial charge in [-0.1, -0.05) is 23.2 Å². The average Bonchev–Trinajstić information content (AvgIpc) is 2.07. The number of rotatable bonds is 1. The second kappa shape index (κ2) is 3.67. The van der Waals surface area contributed by atoms with E-state index < -0.39 is 5.60 Å². The molecule has 76 valence electrons. The van der Waals surface area contributed by atoms with Crippen LogP contribution in [-0.4, -0.2) is 5.11 Å². The van der Waals surface area contributed by atoms with Crippen LogP contribution < -0.4 is 0 Å². The molecule has 1 fully saturated rings. The van der Waals surface area contributed by atoms with Gasteiger partial charge in [0, 0.05) is 15.1 Å². The summed E-state index contributed by atoms with van der Waals surface area (Å²) in [6.07, 6.45) is 2.61. The molecule has 0 aliphatic heterocycles. The van der Waals surface area contributed by atoms with Crippen LogP contribution in [0.25, 0.3) is 0 Å². The summed E-state index contributed by atoms with van der Waals surface area (Å²) in [7, 11) is 0. The Morgan fingerprint density at radius 2 is 1.86 bits per heavy atom. The van der Waals surface area contributed by atoms with Gasteiger partial charge in [-0.05, 0) is 47.3 Å². The lowest BCUT2D eigenvalue weighted by atomic mass is 9.75. The molecular weight excluding hydrogens is 287 g/mol. The number of hydrogen-bond acceptors (Lipinski definition) is 1. The highest BCUT2D eigenvalue weighted by atomic mass is 79.9. The van der Waals surface area contributed by atoms with Crippen molar-refractivity contribution in [2.75, 3.05) is 0 Å². The van der Waals surface area contributed by atoms with Gasteiger partial charge in [0.25, 0.3) is 0 Å². The van der Waals surface area contributed by atoms with Crippen molar-refractivity contribution >= 4 is 39.1 Å². The van der Waals surface area contributed by atoms with Gasteiger partial charge in [0.1, 0.15) is 0 Å². The third-order valence-electron chi connectivity index (χ3n) is 2.69. The number of halogens is 3. The second-order valence-corrected chi connectivity index (χ2v) is 5.30. The summed E-state index contributed by atoms with van der Waals surface area (Å²) >= 11 is 15.2. The highest BCUT2D eigenvalue weighted by Crippen LogP contribution is 2.45. The van der Waals surface area contributed by atoms with Crippen LogP contribution in [0, 0.1) is 0 Å². The molecule has 1 aliphatic carbocycles. The van der Waals surface area contributed by atoms with E-state index in [2.05, 4.69) is 15.9 Å². The van der Waals surface area contributed by atoms with Crippen LogP contribution in [0.3, 0.4) is 0 Å². The lowest BCUT2D eigenvalue weighted by molar-refractivity contribution is -0.0387. The largest absolute Gasteiger partial charge is 0.385 e. The lowest BCUT2D eigenvalue weighted by Gasteiger charge is -2.37. The van der Waals surface area contributed by atoms with Gasteiger partial charge in [0.15, 0.2) is 0 Å². The first-order chi connectivity index (χ1) is 6.53. The van der Waals surface area contributed by atoms with E-state index in [9.17, 15) is 5.11 Å². The summed E-state index contributed by atoms with van der Waals surface area (Å²) in [4.78, 5) is 0. The minimum Gasteiger partial charge on any atom is -0.385 e. The highest BCUT2D eigenvalue weighted by Gasteiger charge is 2.38. The van der Waals surface area contributed by atoms with Crippen molar-refractivity contribution in [3.63, 3.8) is 0 Å². The third kappa shape index (κ3) is 1.69. The van der Waals surface area contributed by atoms with Gasteiger partial charge < -0.3 is 5.11 Å². The number of benzene rings is 1. The maximum absolute atomic E-state index is 10.1. The first-order valence-electron chi connectivity index (χ1n) is 4.40. The van der Waals surface area contributed by atoms with Crippen molar-refractivity contribution in [1.82, 2.24) is 0 Å². The van der Waals surface area contributed by atoms with E-state index in [0.29, 0.717) is 10.0 Å². The molecule has 0 bridgehead atoms. The molecule has 1 aliphatic rings. The maximum atomic E-state index is 10.1. The first-order valence-corrected chi connectivity index (χ1v) is 5.95. The van der Waals surface area contributed by atoms with E-state index in [4.69, 9.17) is 23.2 Å². The maximum Gasteiger partial charge on any atom is 0.0911 e. The molecule has 1 aromatic carbocycles. The van der Waals surface area contributed by atoms with Gasteiger partial charge in [0.2, 0.25) is 0 Å². The molecule has 0 aromatic heterocycles. The molecule has 1 saturated carbocycles. The molecule has 0 heterocycles. The molecule has 0 unspecified atom stereocenters. The summed E-state index contributed by atoms with van der Waals surface area (Å²) in [5.41, 5.74) is 0.0474. The van der Waals surface area contributed by atoms with E-state index in [1.54, 1.807) is 6.07 Å². The Kier molecular flexibility index (Phi) is 2.82. The van der Waals surface area contributed by atoms with Crippen molar-refractivity contribution in [3.8, 4) is 0 Å². The van der Waals surface area contributed by atoms with E-state index >= 15 is 0 Å². The highest BCUT2D eigenvalue weighted by molar-refractivity contribution is 9.10. The van der Waals surface area contributed by atoms with Gasteiger partial charge in [-0.25, -0.2) is 0 Å². The summed E-state index contributed by atoms with van der Waals surface area (Å²) in [6, 6.07) is 3.47. The molecule has 0 radical (unpaired) electrons. The minimum atomic E-state index is -0.732. The molecule has 0 atom stereocenters. The minimum absolute atomic E-state index is 0.542. The molecule has 1 N–H and O–H groups in total. The normalized spacial score (nSPS) is 19.1. The second-order valence-electron chi connectivity index (χ2n) is 3.63. The van der Waals surface area contributed by atoms with Crippen molar-refractivity contribution < 1.29 is 5.11 Å². The predicted octanol–water partition coefficient (Wildman–Crippen LogP) is 4.13. The van der Waals surface area contributed by atoms with E-state index in [1.165, 1.54) is 0 Å². The number of hydrogen-bond donors (Lipinski definition) is 1. The van der Waals surface area contributed by atoms with Crippen LogP contribution in [0.2, 0.25) is 10.0 Å². The van der Waals surface area contributed by atoms with Gasteiger partial charge in [0.05, 0.1) is 10.6 Å². The molecule has 1 aromatic rings. The summed E-state index contributed by atoms with van der Waals surface area (Å²) in [6.45, 7) is 0. The molecule has 0 amide bonds. The summed E-state index contributed by atoms with van der Waals surface area (Å²) in [5.74, 6) is 0. The van der Waals surface area contributed by atoms with Crippen LogP contribution in [0.5, 0.6) is 0 Å². The van der Waals surface area contributed by atoms with Crippen LogP contribution >= 0.6 is 39.1 Å². The van der Waals surface area contributed by atoms with Crippen LogP contribution in [-0.2, 0) is 5.60 Å². The first kappa shape index (κ1) is 10.7. The zero-order valence-corrected chi connectivity index (χ0v) is 10.5. The van der Waals surface area contributed by atoms with Crippen molar-refractivity contribution in [1.29, 1.82) is 0 Å². The van der Waals surface area contributed by atoms with E-state index in [-0.39, 0.29) is 0 Å². The topological polar surface area (TPSA) is 20.2 Å². The van der Waals surface area contributed by atoms with Crippen molar-refractivity contribution in [2.45, 2.75) is 24.9 Å². The summed E-state index contributed by atoms with van der Waals surface area (Å²) in [5, 5.41) is 11.2. The predicted molar refractivity (Wildman–Crippen MR) is 61.9 cm³/mol. The Labute approximate surface area is 101 Å². The Bertz CT molecular complexity index is 375. The van der Waals surface area contributed by atoms with Crippen LogP contribution in [0.4, 0.5) is 0 Å². The monoisotopic (exact) mass is 294 g/mol. The van der Waals surface area contributed by atoms with E-state index in [1.807, 2.05) is 6.07 Å². The zero-order valence-electron chi connectivity index (χ0n) is 7.36. The molecule has 0 saturated heterocycles.